The summed E-state index contributed by atoms with van der Waals surface area (Å²) in [6.45, 7) is 3.46. The summed E-state index contributed by atoms with van der Waals surface area (Å²) in [6.07, 6.45) is -0.272. The lowest BCUT2D eigenvalue weighted by Crippen LogP contribution is -2.17. The highest BCUT2D eigenvalue weighted by atomic mass is 19.4. The zero-order valence-corrected chi connectivity index (χ0v) is 15.2. The van der Waals surface area contributed by atoms with Crippen molar-refractivity contribution in [2.24, 2.45) is 5.92 Å². The quantitative estimate of drug-likeness (QED) is 0.770. The van der Waals surface area contributed by atoms with Crippen LogP contribution >= 0.6 is 0 Å². The van der Waals surface area contributed by atoms with Crippen molar-refractivity contribution in [3.05, 3.63) is 35.7 Å². The minimum Gasteiger partial charge on any atom is -0.339 e. The number of nitrogens with zero attached hydrogens (tertiary/aromatic N) is 5. The average molecular weight is 389 g/mol. The Balaban J connectivity index is 1.98. The van der Waals surface area contributed by atoms with Gasteiger partial charge in [-0.1, -0.05) is 12.1 Å². The largest absolute Gasteiger partial charge is 0.433 e. The van der Waals surface area contributed by atoms with Crippen LogP contribution in [0.15, 0.2) is 30.0 Å². The Morgan fingerprint density at radius 1 is 1.21 bits per heavy atom. The number of hydrogen-bond acceptors (Lipinski definition) is 7. The SMILES string of the molecule is CC(=CC1CC1)Nc1nc(NC(C)C#N)nc(-c2cccc(C(F)(F)F)n2)n1. The number of pyridine rings is 1. The second kappa shape index (κ2) is 7.80. The second-order valence-electron chi connectivity index (χ2n) is 6.52. The van der Waals surface area contributed by atoms with E-state index in [1.165, 1.54) is 12.1 Å². The minimum absolute atomic E-state index is 0.0320. The van der Waals surface area contributed by atoms with Gasteiger partial charge in [-0.2, -0.15) is 33.4 Å². The highest BCUT2D eigenvalue weighted by Gasteiger charge is 2.32. The first kappa shape index (κ1) is 19.5. The molecule has 10 heteroatoms. The predicted molar refractivity (Wildman–Crippen MR) is 96.9 cm³/mol. The third kappa shape index (κ3) is 5.16. The van der Waals surface area contributed by atoms with Gasteiger partial charge in [-0.15, -0.1) is 0 Å². The van der Waals surface area contributed by atoms with Gasteiger partial charge in [-0.3, -0.25) is 0 Å². The summed E-state index contributed by atoms with van der Waals surface area (Å²) in [5.74, 6) is 0.719. The second-order valence-corrected chi connectivity index (χ2v) is 6.52. The number of hydrogen-bond donors (Lipinski definition) is 2. The first-order valence-corrected chi connectivity index (χ1v) is 8.67. The number of nitriles is 1. The maximum atomic E-state index is 13.0. The van der Waals surface area contributed by atoms with E-state index in [9.17, 15) is 13.2 Å². The lowest BCUT2D eigenvalue weighted by atomic mass is 10.3. The molecule has 2 aromatic heterocycles. The lowest BCUT2D eigenvalue weighted by molar-refractivity contribution is -0.141. The number of allylic oxidation sites excluding steroid dienone is 2. The smallest absolute Gasteiger partial charge is 0.339 e. The van der Waals surface area contributed by atoms with Crippen LogP contribution < -0.4 is 10.6 Å². The molecule has 0 amide bonds. The standard InChI is InChI=1S/C18H18F3N7/c1-10(8-12-6-7-12)23-16-26-15(27-17(28-16)24-11(2)9-22)13-4-3-5-14(25-13)18(19,20)21/h3-5,8,11-12H,6-7H2,1-2H3,(H2,23,24,26,27,28). The van der Waals surface area contributed by atoms with Gasteiger partial charge in [0.15, 0.2) is 5.82 Å². The fraction of sp³-hybridized carbons (Fsp3) is 0.389. The number of alkyl halides is 3. The van der Waals surface area contributed by atoms with Crippen molar-refractivity contribution in [1.29, 1.82) is 5.26 Å². The fourth-order valence-corrected chi connectivity index (χ4v) is 2.39. The first-order chi connectivity index (χ1) is 13.2. The van der Waals surface area contributed by atoms with Crippen molar-refractivity contribution >= 4 is 11.9 Å². The van der Waals surface area contributed by atoms with Crippen molar-refractivity contribution in [3.63, 3.8) is 0 Å². The third-order valence-corrected chi connectivity index (χ3v) is 3.86. The molecule has 0 aromatic carbocycles. The molecule has 2 N–H and O–H groups in total. The Hall–Kier alpha value is -3.22. The summed E-state index contributed by atoms with van der Waals surface area (Å²) >= 11 is 0. The number of aromatic nitrogens is 4. The molecule has 28 heavy (non-hydrogen) atoms. The molecule has 3 rings (SSSR count). The summed E-state index contributed by atoms with van der Waals surface area (Å²) in [5, 5.41) is 14.8. The molecule has 1 aliphatic rings. The van der Waals surface area contributed by atoms with Gasteiger partial charge in [0.05, 0.1) is 6.07 Å². The van der Waals surface area contributed by atoms with E-state index in [2.05, 4.69) is 36.6 Å². The van der Waals surface area contributed by atoms with Gasteiger partial charge < -0.3 is 10.6 Å². The molecule has 0 saturated heterocycles. The van der Waals surface area contributed by atoms with Crippen molar-refractivity contribution < 1.29 is 13.2 Å². The van der Waals surface area contributed by atoms with Crippen molar-refractivity contribution in [1.82, 2.24) is 19.9 Å². The monoisotopic (exact) mass is 389 g/mol. The summed E-state index contributed by atoms with van der Waals surface area (Å²) < 4.78 is 38.9. The van der Waals surface area contributed by atoms with Gasteiger partial charge in [0.2, 0.25) is 11.9 Å². The van der Waals surface area contributed by atoms with Crippen LogP contribution in [0, 0.1) is 17.2 Å². The molecule has 1 saturated carbocycles. The van der Waals surface area contributed by atoms with Crippen molar-refractivity contribution in [2.75, 3.05) is 10.6 Å². The van der Waals surface area contributed by atoms with E-state index in [1.54, 1.807) is 6.92 Å². The molecule has 0 bridgehead atoms. The Kier molecular flexibility index (Phi) is 5.44. The summed E-state index contributed by atoms with van der Waals surface area (Å²) in [6, 6.07) is 4.90. The topological polar surface area (TPSA) is 99.4 Å². The van der Waals surface area contributed by atoms with E-state index in [4.69, 9.17) is 5.26 Å². The maximum Gasteiger partial charge on any atom is 0.433 e. The first-order valence-electron chi connectivity index (χ1n) is 8.67. The van der Waals surface area contributed by atoms with Crippen molar-refractivity contribution in [2.45, 2.75) is 38.9 Å². The molecule has 7 nitrogen and oxygen atoms in total. The third-order valence-electron chi connectivity index (χ3n) is 3.86. The molecular formula is C18H18F3N7. The summed E-state index contributed by atoms with van der Waals surface area (Å²) in [5.41, 5.74) is -0.252. The highest BCUT2D eigenvalue weighted by molar-refractivity contribution is 5.55. The number of nitrogens with one attached hydrogen (secondary N) is 2. The van der Waals surface area contributed by atoms with E-state index in [-0.39, 0.29) is 23.4 Å². The van der Waals surface area contributed by atoms with Gasteiger partial charge in [-0.05, 0) is 44.7 Å². The van der Waals surface area contributed by atoms with E-state index in [1.807, 2.05) is 13.0 Å². The van der Waals surface area contributed by atoms with E-state index in [0.717, 1.165) is 24.6 Å². The molecular weight excluding hydrogens is 371 g/mol. The van der Waals surface area contributed by atoms with Gasteiger partial charge in [0, 0.05) is 5.70 Å². The van der Waals surface area contributed by atoms with Gasteiger partial charge in [0.25, 0.3) is 0 Å². The molecule has 1 aliphatic carbocycles. The lowest BCUT2D eigenvalue weighted by Gasteiger charge is -2.12. The summed E-state index contributed by atoms with van der Waals surface area (Å²) in [4.78, 5) is 16.1. The van der Waals surface area contributed by atoms with Crippen LogP contribution in [-0.4, -0.2) is 26.0 Å². The number of anilines is 2. The minimum atomic E-state index is -4.58. The fourth-order valence-electron chi connectivity index (χ4n) is 2.39. The van der Waals surface area contributed by atoms with E-state index < -0.39 is 17.9 Å². The van der Waals surface area contributed by atoms with Crippen LogP contribution in [0.2, 0.25) is 0 Å². The Morgan fingerprint density at radius 3 is 2.57 bits per heavy atom. The average Bonchev–Trinajstić information content (AvgIpc) is 3.44. The van der Waals surface area contributed by atoms with Gasteiger partial charge in [-0.25, -0.2) is 4.98 Å². The molecule has 0 radical (unpaired) electrons. The normalized spacial score (nSPS) is 15.6. The van der Waals surface area contributed by atoms with E-state index in [0.29, 0.717) is 5.92 Å². The van der Waals surface area contributed by atoms with Crippen LogP contribution in [0.5, 0.6) is 0 Å². The Labute approximate surface area is 159 Å². The van der Waals surface area contributed by atoms with Gasteiger partial charge in [0.1, 0.15) is 17.4 Å². The highest BCUT2D eigenvalue weighted by Crippen LogP contribution is 2.31. The van der Waals surface area contributed by atoms with Crippen LogP contribution in [0.4, 0.5) is 25.1 Å². The maximum absolute atomic E-state index is 13.0. The molecule has 2 heterocycles. The Bertz CT molecular complexity index is 930. The zero-order valence-electron chi connectivity index (χ0n) is 15.2. The van der Waals surface area contributed by atoms with Gasteiger partial charge >= 0.3 is 6.18 Å². The van der Waals surface area contributed by atoms with Crippen LogP contribution in [0.25, 0.3) is 11.5 Å². The molecule has 1 atom stereocenters. The molecule has 0 aliphatic heterocycles. The molecule has 0 spiro atoms. The summed E-state index contributed by atoms with van der Waals surface area (Å²) in [7, 11) is 0. The molecule has 1 unspecified atom stereocenters. The zero-order chi connectivity index (χ0) is 20.3. The molecule has 1 fully saturated rings. The van der Waals surface area contributed by atoms with Crippen LogP contribution in [0.3, 0.4) is 0 Å². The number of rotatable bonds is 6. The number of halogens is 3. The van der Waals surface area contributed by atoms with Crippen LogP contribution in [0.1, 0.15) is 32.4 Å². The van der Waals surface area contributed by atoms with Crippen LogP contribution in [-0.2, 0) is 6.18 Å². The van der Waals surface area contributed by atoms with E-state index >= 15 is 0 Å². The van der Waals surface area contributed by atoms with Crippen molar-refractivity contribution in [3.8, 4) is 17.6 Å². The molecule has 2 aromatic rings. The predicted octanol–water partition coefficient (Wildman–Crippen LogP) is 4.00. The molecule has 146 valence electrons. The Morgan fingerprint density at radius 2 is 1.93 bits per heavy atom.